The van der Waals surface area contributed by atoms with Crippen molar-refractivity contribution < 1.29 is 18.0 Å². The predicted octanol–water partition coefficient (Wildman–Crippen LogP) is 6.07. The van der Waals surface area contributed by atoms with E-state index in [0.717, 1.165) is 10.5 Å². The number of nitrogens with zero attached hydrogens (tertiary/aromatic N) is 1. The lowest BCUT2D eigenvalue weighted by Gasteiger charge is -2.19. The molecule has 2 aromatic rings. The number of allylic oxidation sites excluding steroid dienone is 4. The van der Waals surface area contributed by atoms with Gasteiger partial charge in [-0.2, -0.15) is 0 Å². The summed E-state index contributed by atoms with van der Waals surface area (Å²) in [5.74, 6) is -1.32. The third kappa shape index (κ3) is 4.72. The molecule has 0 radical (unpaired) electrons. The number of imide groups is 1. The summed E-state index contributed by atoms with van der Waals surface area (Å²) in [4.78, 5) is 27.6. The van der Waals surface area contributed by atoms with Crippen molar-refractivity contribution in [1.29, 1.82) is 0 Å². The number of benzene rings is 2. The monoisotopic (exact) mass is 498 g/mol. The van der Waals surface area contributed by atoms with E-state index in [1.807, 2.05) is 20.8 Å². The van der Waals surface area contributed by atoms with Gasteiger partial charge in [-0.1, -0.05) is 63.2 Å². The summed E-state index contributed by atoms with van der Waals surface area (Å²) >= 11 is 6.27. The number of carbonyl (C=O) groups is 2. The lowest BCUT2D eigenvalue weighted by molar-refractivity contribution is 0.0708. The highest BCUT2D eigenvalue weighted by molar-refractivity contribution is 7.92. The SMILES string of the molecule is C=C(C)/C(=C\C=C/C)N1C(=O)c2c(Cl)ccc(NS(=O)(=O)c3ccc(C(C)(C)C)cc3)c2C1=O. The molecule has 1 aliphatic heterocycles. The standard InChI is InChI=1S/C26H27ClN2O4S/c1-7-8-9-21(16(2)3)29-24(30)22-19(27)14-15-20(23(22)25(29)31)28-34(32,33)18-12-10-17(11-13-18)26(4,5)6/h7-15,28H,2H2,1,3-6H3/b8-7-,21-9+. The number of rotatable bonds is 6. The minimum absolute atomic E-state index is 0.0211. The first-order valence-electron chi connectivity index (χ1n) is 10.6. The highest BCUT2D eigenvalue weighted by Gasteiger charge is 2.42. The first-order valence-corrected chi connectivity index (χ1v) is 12.5. The number of hydrogen-bond donors (Lipinski definition) is 1. The van der Waals surface area contributed by atoms with Gasteiger partial charge in [0.15, 0.2) is 0 Å². The average molecular weight is 499 g/mol. The first kappa shape index (κ1) is 25.5. The maximum Gasteiger partial charge on any atom is 0.268 e. The van der Waals surface area contributed by atoms with Crippen LogP contribution < -0.4 is 4.72 Å². The Bertz CT molecular complexity index is 1350. The van der Waals surface area contributed by atoms with Crippen molar-refractivity contribution in [2.24, 2.45) is 0 Å². The van der Waals surface area contributed by atoms with Crippen molar-refractivity contribution in [3.63, 3.8) is 0 Å². The number of carbonyl (C=O) groups excluding carboxylic acids is 2. The van der Waals surface area contributed by atoms with E-state index in [9.17, 15) is 18.0 Å². The van der Waals surface area contributed by atoms with Gasteiger partial charge < -0.3 is 0 Å². The zero-order valence-electron chi connectivity index (χ0n) is 19.8. The summed E-state index contributed by atoms with van der Waals surface area (Å²) in [5, 5.41) is 0.0560. The summed E-state index contributed by atoms with van der Waals surface area (Å²) in [7, 11) is -4.04. The van der Waals surface area contributed by atoms with Crippen LogP contribution in [0.2, 0.25) is 5.02 Å². The molecule has 0 aromatic heterocycles. The van der Waals surface area contributed by atoms with Gasteiger partial charge in [-0.3, -0.25) is 14.3 Å². The molecule has 178 valence electrons. The van der Waals surface area contributed by atoms with Gasteiger partial charge in [-0.05, 0) is 60.7 Å². The third-order valence-corrected chi connectivity index (χ3v) is 7.08. The van der Waals surface area contributed by atoms with Gasteiger partial charge in [-0.25, -0.2) is 13.3 Å². The van der Waals surface area contributed by atoms with Crippen molar-refractivity contribution in [2.75, 3.05) is 4.72 Å². The van der Waals surface area contributed by atoms with Crippen LogP contribution in [0.5, 0.6) is 0 Å². The molecule has 0 unspecified atom stereocenters. The molecular weight excluding hydrogens is 472 g/mol. The van der Waals surface area contributed by atoms with E-state index in [2.05, 4.69) is 11.3 Å². The number of sulfonamides is 1. The van der Waals surface area contributed by atoms with Gasteiger partial charge in [0, 0.05) is 0 Å². The molecule has 0 spiro atoms. The number of anilines is 1. The second-order valence-corrected chi connectivity index (χ2v) is 11.1. The summed E-state index contributed by atoms with van der Waals surface area (Å²) in [5.41, 5.74) is 1.46. The largest absolute Gasteiger partial charge is 0.279 e. The van der Waals surface area contributed by atoms with Crippen molar-refractivity contribution in [2.45, 2.75) is 44.9 Å². The Hall–Kier alpha value is -3.16. The first-order chi connectivity index (χ1) is 15.8. The molecule has 2 aromatic carbocycles. The van der Waals surface area contributed by atoms with Gasteiger partial charge in [-0.15, -0.1) is 0 Å². The van der Waals surface area contributed by atoms with Crippen molar-refractivity contribution in [3.8, 4) is 0 Å². The van der Waals surface area contributed by atoms with Gasteiger partial charge in [0.05, 0.1) is 32.4 Å². The quantitative estimate of drug-likeness (QED) is 0.387. The smallest absolute Gasteiger partial charge is 0.268 e. The minimum Gasteiger partial charge on any atom is -0.279 e. The Kier molecular flexibility index (Phi) is 6.92. The van der Waals surface area contributed by atoms with E-state index < -0.39 is 21.8 Å². The summed E-state index contributed by atoms with van der Waals surface area (Å²) in [6.45, 7) is 13.4. The normalized spacial score (nSPS) is 14.6. The van der Waals surface area contributed by atoms with Crippen LogP contribution in [-0.2, 0) is 15.4 Å². The van der Waals surface area contributed by atoms with E-state index in [1.165, 1.54) is 24.3 Å². The molecule has 34 heavy (non-hydrogen) atoms. The van der Waals surface area contributed by atoms with Crippen molar-refractivity contribution >= 4 is 39.1 Å². The summed E-state index contributed by atoms with van der Waals surface area (Å²) in [6, 6.07) is 9.30. The number of hydrogen-bond acceptors (Lipinski definition) is 4. The van der Waals surface area contributed by atoms with E-state index in [1.54, 1.807) is 44.2 Å². The molecule has 0 bridgehead atoms. The summed E-state index contributed by atoms with van der Waals surface area (Å²) < 4.78 is 28.7. The van der Waals surface area contributed by atoms with Crippen LogP contribution in [0.25, 0.3) is 0 Å². The van der Waals surface area contributed by atoms with Gasteiger partial charge >= 0.3 is 0 Å². The Balaban J connectivity index is 2.06. The zero-order valence-corrected chi connectivity index (χ0v) is 21.3. The fourth-order valence-corrected chi connectivity index (χ4v) is 4.87. The maximum atomic E-state index is 13.4. The van der Waals surface area contributed by atoms with Crippen molar-refractivity contribution in [3.05, 3.63) is 94.2 Å². The fraction of sp³-hybridized carbons (Fsp3) is 0.231. The van der Waals surface area contributed by atoms with Crippen molar-refractivity contribution in [1.82, 2.24) is 4.90 Å². The van der Waals surface area contributed by atoms with E-state index in [4.69, 9.17) is 11.6 Å². The predicted molar refractivity (Wildman–Crippen MR) is 136 cm³/mol. The number of halogens is 1. The minimum atomic E-state index is -4.04. The molecule has 0 saturated heterocycles. The Morgan fingerprint density at radius 2 is 1.62 bits per heavy atom. The molecule has 0 aliphatic carbocycles. The number of amides is 2. The van der Waals surface area contributed by atoms with Crippen LogP contribution in [0.3, 0.4) is 0 Å². The molecule has 2 amide bonds. The fourth-order valence-electron chi connectivity index (χ4n) is 3.56. The van der Waals surface area contributed by atoms with Crippen LogP contribution >= 0.6 is 11.6 Å². The molecule has 6 nitrogen and oxygen atoms in total. The van der Waals surface area contributed by atoms with E-state index in [0.29, 0.717) is 11.3 Å². The third-order valence-electron chi connectivity index (χ3n) is 5.39. The Labute approximate surface area is 205 Å². The van der Waals surface area contributed by atoms with Gasteiger partial charge in [0.1, 0.15) is 0 Å². The van der Waals surface area contributed by atoms with Crippen LogP contribution in [0.15, 0.2) is 77.4 Å². The Morgan fingerprint density at radius 3 is 2.15 bits per heavy atom. The van der Waals surface area contributed by atoms with E-state index >= 15 is 0 Å². The van der Waals surface area contributed by atoms with Crippen LogP contribution in [-0.4, -0.2) is 25.1 Å². The summed E-state index contributed by atoms with van der Waals surface area (Å²) in [6.07, 6.45) is 5.02. The Morgan fingerprint density at radius 1 is 1.03 bits per heavy atom. The molecule has 0 atom stereocenters. The molecule has 1 aliphatic rings. The molecular formula is C26H27ClN2O4S. The molecule has 1 heterocycles. The van der Waals surface area contributed by atoms with E-state index in [-0.39, 0.29) is 32.1 Å². The van der Waals surface area contributed by atoms with Gasteiger partial charge in [0.25, 0.3) is 21.8 Å². The zero-order chi connectivity index (χ0) is 25.4. The topological polar surface area (TPSA) is 83.6 Å². The molecule has 0 fully saturated rings. The maximum absolute atomic E-state index is 13.4. The highest BCUT2D eigenvalue weighted by atomic mass is 35.5. The second kappa shape index (κ2) is 9.24. The molecule has 8 heteroatoms. The van der Waals surface area contributed by atoms with Crippen LogP contribution in [0, 0.1) is 0 Å². The molecule has 0 saturated carbocycles. The van der Waals surface area contributed by atoms with Crippen LogP contribution in [0.4, 0.5) is 5.69 Å². The molecule has 3 rings (SSSR count). The number of nitrogens with one attached hydrogen (secondary N) is 1. The lowest BCUT2D eigenvalue weighted by atomic mass is 9.87. The van der Waals surface area contributed by atoms with Crippen LogP contribution in [0.1, 0.15) is 60.9 Å². The van der Waals surface area contributed by atoms with Gasteiger partial charge in [0.2, 0.25) is 0 Å². The number of fused-ring (bicyclic) bond motifs is 1. The second-order valence-electron chi connectivity index (χ2n) is 9.03. The molecule has 1 N–H and O–H groups in total. The lowest BCUT2D eigenvalue weighted by Crippen LogP contribution is -2.29. The average Bonchev–Trinajstić information content (AvgIpc) is 3.01. The highest BCUT2D eigenvalue weighted by Crippen LogP contribution is 2.38.